The molecule has 1 fully saturated rings. The summed E-state index contributed by atoms with van der Waals surface area (Å²) in [5.74, 6) is 0. The van der Waals surface area contributed by atoms with Crippen molar-refractivity contribution in [2.45, 2.75) is 18.6 Å². The zero-order valence-corrected chi connectivity index (χ0v) is 13.0. The van der Waals surface area contributed by atoms with Crippen LogP contribution in [0.15, 0.2) is 22.7 Å². The molecule has 1 aromatic carbocycles. The van der Waals surface area contributed by atoms with Gasteiger partial charge in [-0.15, -0.1) is 0 Å². The standard InChI is InChI=1S/C13H15BrClF3N2/c14-11-7-9(15)1-2-10(11)12(8-13(16,17)18)20-5-3-19-4-6-20/h1-2,7,12,19H,3-6,8H2/t12-/m1/s1. The number of rotatable bonds is 3. The maximum atomic E-state index is 12.9. The van der Waals surface area contributed by atoms with Gasteiger partial charge in [0.1, 0.15) is 0 Å². The Morgan fingerprint density at radius 3 is 2.50 bits per heavy atom. The second-order valence-corrected chi connectivity index (χ2v) is 6.08. The molecular weight excluding hydrogens is 357 g/mol. The topological polar surface area (TPSA) is 15.3 Å². The average molecular weight is 372 g/mol. The minimum absolute atomic E-state index is 0.506. The van der Waals surface area contributed by atoms with Crippen LogP contribution in [0.3, 0.4) is 0 Å². The van der Waals surface area contributed by atoms with E-state index in [0.29, 0.717) is 41.2 Å². The third-order valence-corrected chi connectivity index (χ3v) is 4.26. The van der Waals surface area contributed by atoms with Crippen LogP contribution in [0.25, 0.3) is 0 Å². The lowest BCUT2D eigenvalue weighted by Gasteiger charge is -2.36. The Kier molecular flexibility index (Phi) is 5.34. The van der Waals surface area contributed by atoms with Crippen LogP contribution in [0.2, 0.25) is 5.02 Å². The first-order valence-electron chi connectivity index (χ1n) is 6.33. The molecule has 0 spiro atoms. The van der Waals surface area contributed by atoms with Crippen molar-refractivity contribution in [2.75, 3.05) is 26.2 Å². The molecule has 1 N–H and O–H groups in total. The Morgan fingerprint density at radius 1 is 1.30 bits per heavy atom. The molecule has 2 nitrogen and oxygen atoms in total. The third-order valence-electron chi connectivity index (χ3n) is 3.34. The number of hydrogen-bond acceptors (Lipinski definition) is 2. The molecule has 112 valence electrons. The van der Waals surface area contributed by atoms with Gasteiger partial charge >= 0.3 is 6.18 Å². The number of halogens is 5. The predicted molar refractivity (Wildman–Crippen MR) is 77.0 cm³/mol. The van der Waals surface area contributed by atoms with Gasteiger partial charge in [0.2, 0.25) is 0 Å². The SMILES string of the molecule is FC(F)(F)C[C@H](c1ccc(Cl)cc1Br)N1CCNCC1. The van der Waals surface area contributed by atoms with Crippen LogP contribution in [0.5, 0.6) is 0 Å². The average Bonchev–Trinajstić information content (AvgIpc) is 2.36. The number of piperazine rings is 1. The van der Waals surface area contributed by atoms with E-state index >= 15 is 0 Å². The van der Waals surface area contributed by atoms with E-state index in [1.54, 1.807) is 18.2 Å². The van der Waals surface area contributed by atoms with Gasteiger partial charge < -0.3 is 5.32 Å². The molecule has 0 aliphatic carbocycles. The summed E-state index contributed by atoms with van der Waals surface area (Å²) in [5, 5.41) is 3.66. The molecule has 0 aromatic heterocycles. The van der Waals surface area contributed by atoms with Crippen molar-refractivity contribution in [3.05, 3.63) is 33.3 Å². The molecule has 2 rings (SSSR count). The summed E-state index contributed by atoms with van der Waals surface area (Å²) in [5.41, 5.74) is 0.633. The van der Waals surface area contributed by atoms with Crippen molar-refractivity contribution in [1.29, 1.82) is 0 Å². The quantitative estimate of drug-likeness (QED) is 0.864. The Balaban J connectivity index is 2.29. The highest BCUT2D eigenvalue weighted by atomic mass is 79.9. The van der Waals surface area contributed by atoms with E-state index in [1.807, 2.05) is 4.90 Å². The van der Waals surface area contributed by atoms with Gasteiger partial charge in [-0.05, 0) is 17.7 Å². The minimum atomic E-state index is -4.20. The molecule has 1 aromatic rings. The molecule has 20 heavy (non-hydrogen) atoms. The van der Waals surface area contributed by atoms with Gasteiger partial charge in [-0.1, -0.05) is 33.6 Å². The van der Waals surface area contributed by atoms with Crippen molar-refractivity contribution in [1.82, 2.24) is 10.2 Å². The van der Waals surface area contributed by atoms with Crippen LogP contribution in [0, 0.1) is 0 Å². The third kappa shape index (κ3) is 4.35. The molecule has 0 radical (unpaired) electrons. The van der Waals surface area contributed by atoms with Crippen molar-refractivity contribution >= 4 is 27.5 Å². The Labute approximate surface area is 129 Å². The van der Waals surface area contributed by atoms with E-state index < -0.39 is 18.6 Å². The van der Waals surface area contributed by atoms with Crippen LogP contribution in [0.1, 0.15) is 18.0 Å². The summed E-state index contributed by atoms with van der Waals surface area (Å²) in [4.78, 5) is 1.87. The fourth-order valence-corrected chi connectivity index (χ4v) is 3.37. The monoisotopic (exact) mass is 370 g/mol. The van der Waals surface area contributed by atoms with Crippen molar-refractivity contribution in [3.8, 4) is 0 Å². The molecule has 1 heterocycles. The van der Waals surface area contributed by atoms with Crippen LogP contribution in [0.4, 0.5) is 13.2 Å². The zero-order valence-electron chi connectivity index (χ0n) is 10.7. The molecular formula is C13H15BrClF3N2. The van der Waals surface area contributed by atoms with Gasteiger partial charge in [0.15, 0.2) is 0 Å². The molecule has 1 aliphatic rings. The number of nitrogens with zero attached hydrogens (tertiary/aromatic N) is 1. The Hall–Kier alpha value is -0.300. The van der Waals surface area contributed by atoms with E-state index in [4.69, 9.17) is 11.6 Å². The van der Waals surface area contributed by atoms with E-state index in [2.05, 4.69) is 21.2 Å². The lowest BCUT2D eigenvalue weighted by atomic mass is 10.0. The number of hydrogen-bond donors (Lipinski definition) is 1. The van der Waals surface area contributed by atoms with Gasteiger partial charge in [0.25, 0.3) is 0 Å². The minimum Gasteiger partial charge on any atom is -0.314 e. The summed E-state index contributed by atoms with van der Waals surface area (Å²) in [6.07, 6.45) is -5.05. The van der Waals surface area contributed by atoms with Crippen molar-refractivity contribution in [2.24, 2.45) is 0 Å². The van der Waals surface area contributed by atoms with Gasteiger partial charge in [-0.25, -0.2) is 0 Å². The predicted octanol–water partition coefficient (Wildman–Crippen LogP) is 4.00. The maximum Gasteiger partial charge on any atom is 0.390 e. The normalized spacial score (nSPS) is 19.1. The highest BCUT2D eigenvalue weighted by Crippen LogP contribution is 2.37. The van der Waals surface area contributed by atoms with Crippen molar-refractivity contribution in [3.63, 3.8) is 0 Å². The van der Waals surface area contributed by atoms with Crippen LogP contribution >= 0.6 is 27.5 Å². The molecule has 0 amide bonds. The molecule has 1 aliphatic heterocycles. The Morgan fingerprint density at radius 2 is 1.95 bits per heavy atom. The Bertz CT molecular complexity index is 461. The molecule has 7 heteroatoms. The lowest BCUT2D eigenvalue weighted by Crippen LogP contribution is -2.46. The largest absolute Gasteiger partial charge is 0.390 e. The van der Waals surface area contributed by atoms with Crippen LogP contribution in [-0.2, 0) is 0 Å². The summed E-state index contributed by atoms with van der Waals surface area (Å²) in [6, 6.07) is 4.27. The van der Waals surface area contributed by atoms with Crippen LogP contribution < -0.4 is 5.32 Å². The number of alkyl halides is 3. The first kappa shape index (κ1) is 16.1. The molecule has 1 saturated heterocycles. The molecule has 0 saturated carbocycles. The summed E-state index contributed by atoms with van der Waals surface area (Å²) in [6.45, 7) is 2.63. The molecule has 0 bridgehead atoms. The van der Waals surface area contributed by atoms with Gasteiger partial charge in [-0.3, -0.25) is 4.90 Å². The first-order valence-corrected chi connectivity index (χ1v) is 7.50. The van der Waals surface area contributed by atoms with Gasteiger partial charge in [0, 0.05) is 41.7 Å². The summed E-state index contributed by atoms with van der Waals surface area (Å²) < 4.78 is 39.2. The number of nitrogens with one attached hydrogen (secondary N) is 1. The number of benzene rings is 1. The van der Waals surface area contributed by atoms with E-state index in [9.17, 15) is 13.2 Å². The fourth-order valence-electron chi connectivity index (χ4n) is 2.42. The molecule has 1 atom stereocenters. The van der Waals surface area contributed by atoms with E-state index in [0.717, 1.165) is 0 Å². The second-order valence-electron chi connectivity index (χ2n) is 4.79. The second kappa shape index (κ2) is 6.64. The fraction of sp³-hybridized carbons (Fsp3) is 0.538. The van der Waals surface area contributed by atoms with E-state index in [1.165, 1.54) is 0 Å². The lowest BCUT2D eigenvalue weighted by molar-refractivity contribution is -0.148. The van der Waals surface area contributed by atoms with Crippen LogP contribution in [-0.4, -0.2) is 37.3 Å². The van der Waals surface area contributed by atoms with Gasteiger partial charge in [0.05, 0.1) is 6.42 Å². The smallest absolute Gasteiger partial charge is 0.314 e. The van der Waals surface area contributed by atoms with E-state index in [-0.39, 0.29) is 0 Å². The highest BCUT2D eigenvalue weighted by molar-refractivity contribution is 9.10. The zero-order chi connectivity index (χ0) is 14.8. The first-order chi connectivity index (χ1) is 9.37. The van der Waals surface area contributed by atoms with Crippen molar-refractivity contribution < 1.29 is 13.2 Å². The summed E-state index contributed by atoms with van der Waals surface area (Å²) >= 11 is 9.19. The molecule has 0 unspecified atom stereocenters. The summed E-state index contributed by atoms with van der Waals surface area (Å²) in [7, 11) is 0. The maximum absolute atomic E-state index is 12.9. The highest BCUT2D eigenvalue weighted by Gasteiger charge is 2.36. The van der Waals surface area contributed by atoms with Gasteiger partial charge in [-0.2, -0.15) is 13.2 Å².